The van der Waals surface area contributed by atoms with E-state index in [-0.39, 0.29) is 23.1 Å². The summed E-state index contributed by atoms with van der Waals surface area (Å²) in [5, 5.41) is -0.348. The van der Waals surface area contributed by atoms with Gasteiger partial charge in [0.1, 0.15) is 12.4 Å². The number of benzene rings is 2. The van der Waals surface area contributed by atoms with Crippen LogP contribution in [0.1, 0.15) is 29.2 Å². The number of hydrogen-bond donors (Lipinski definition) is 0. The van der Waals surface area contributed by atoms with Crippen molar-refractivity contribution in [3.05, 3.63) is 58.7 Å². The number of alkyl halides is 3. The molecule has 0 atom stereocenters. The van der Waals surface area contributed by atoms with Crippen LogP contribution in [0.5, 0.6) is 5.75 Å². The molecule has 7 heteroatoms. The van der Waals surface area contributed by atoms with Crippen LogP contribution in [0.25, 0.3) is 0 Å². The van der Waals surface area contributed by atoms with Crippen LogP contribution in [-0.4, -0.2) is 18.5 Å². The minimum absolute atomic E-state index is 0.0612. The average Bonchev–Trinajstić information content (AvgIpc) is 2.64. The van der Waals surface area contributed by atoms with E-state index >= 15 is 0 Å². The van der Waals surface area contributed by atoms with E-state index < -0.39 is 11.7 Å². The van der Waals surface area contributed by atoms with E-state index in [1.807, 2.05) is 26.0 Å². The van der Waals surface area contributed by atoms with Gasteiger partial charge in [-0.1, -0.05) is 36.9 Å². The molecule has 2 aromatic rings. The molecule has 0 aromatic heterocycles. The Morgan fingerprint density at radius 3 is 2.48 bits per heavy atom. The number of anilines is 1. The molecule has 0 N–H and O–H groups in total. The predicted octanol–water partition coefficient (Wildman–Crippen LogP) is 6.07. The van der Waals surface area contributed by atoms with Crippen molar-refractivity contribution in [3.63, 3.8) is 0 Å². The van der Waals surface area contributed by atoms with Crippen LogP contribution in [0.3, 0.4) is 0 Å². The molecule has 0 fully saturated rings. The Hall–Kier alpha value is -2.15. The smallest absolute Gasteiger partial charge is 0.416 e. The van der Waals surface area contributed by atoms with E-state index in [1.54, 1.807) is 12.3 Å². The molecule has 0 saturated heterocycles. The second kappa shape index (κ2) is 8.69. The summed E-state index contributed by atoms with van der Waals surface area (Å²) in [6, 6.07) is 9.41. The molecule has 0 aliphatic heterocycles. The summed E-state index contributed by atoms with van der Waals surface area (Å²) in [6.07, 6.45) is -2.09. The molecule has 2 rings (SSSR count). The maximum absolute atomic E-state index is 13.5. The van der Waals surface area contributed by atoms with Crippen LogP contribution in [0.2, 0.25) is 0 Å². The first-order valence-corrected chi connectivity index (χ1v) is 9.64. The Kier molecular flexibility index (Phi) is 6.81. The van der Waals surface area contributed by atoms with Crippen molar-refractivity contribution in [3.8, 4) is 5.75 Å². The number of thioether (sulfide) groups is 1. The second-order valence-electron chi connectivity index (χ2n) is 6.07. The molecular weight excluding hydrogens is 375 g/mol. The first kappa shape index (κ1) is 21.2. The third-order valence-corrected chi connectivity index (χ3v) is 4.91. The SMILES string of the molecule is CCc1ccc(OCc2c(N(C)C(=O)SC)cccc2C(F)(F)F)c(C)c1. The summed E-state index contributed by atoms with van der Waals surface area (Å²) >= 11 is 0.936. The van der Waals surface area contributed by atoms with Gasteiger partial charge in [-0.3, -0.25) is 4.79 Å². The minimum Gasteiger partial charge on any atom is -0.489 e. The van der Waals surface area contributed by atoms with Crippen molar-refractivity contribution in [2.45, 2.75) is 33.1 Å². The second-order valence-corrected chi connectivity index (χ2v) is 6.83. The molecule has 0 aliphatic carbocycles. The zero-order valence-corrected chi connectivity index (χ0v) is 16.5. The topological polar surface area (TPSA) is 29.5 Å². The lowest BCUT2D eigenvalue weighted by Crippen LogP contribution is -2.25. The molecule has 2 aromatic carbocycles. The van der Waals surface area contributed by atoms with Crippen LogP contribution in [-0.2, 0) is 19.2 Å². The molecule has 146 valence electrons. The lowest BCUT2D eigenvalue weighted by molar-refractivity contribution is -0.138. The van der Waals surface area contributed by atoms with Gasteiger partial charge in [-0.05, 0) is 48.9 Å². The first-order valence-electron chi connectivity index (χ1n) is 8.42. The van der Waals surface area contributed by atoms with Gasteiger partial charge in [0, 0.05) is 12.6 Å². The molecule has 27 heavy (non-hydrogen) atoms. The van der Waals surface area contributed by atoms with Crippen LogP contribution >= 0.6 is 11.8 Å². The first-order chi connectivity index (χ1) is 12.7. The molecular formula is C20H22F3NO2S. The fourth-order valence-corrected chi connectivity index (χ4v) is 3.16. The number of amides is 1. The molecule has 0 radical (unpaired) electrons. The summed E-state index contributed by atoms with van der Waals surface area (Å²) in [5.41, 5.74) is 1.31. The highest BCUT2D eigenvalue weighted by Gasteiger charge is 2.35. The van der Waals surface area contributed by atoms with E-state index in [2.05, 4.69) is 0 Å². The quantitative estimate of drug-likeness (QED) is 0.613. The number of halogens is 3. The average molecular weight is 397 g/mol. The van der Waals surface area contributed by atoms with Gasteiger partial charge in [0.25, 0.3) is 5.24 Å². The number of carbonyl (C=O) groups is 1. The molecule has 3 nitrogen and oxygen atoms in total. The summed E-state index contributed by atoms with van der Waals surface area (Å²) in [7, 11) is 1.46. The number of hydrogen-bond acceptors (Lipinski definition) is 3. The van der Waals surface area contributed by atoms with Gasteiger partial charge in [0.15, 0.2) is 0 Å². The van der Waals surface area contributed by atoms with E-state index in [1.165, 1.54) is 24.1 Å². The van der Waals surface area contributed by atoms with Crippen LogP contribution in [0, 0.1) is 6.92 Å². The number of rotatable bonds is 5. The normalized spacial score (nSPS) is 11.4. The fraction of sp³-hybridized carbons (Fsp3) is 0.350. The van der Waals surface area contributed by atoms with Crippen LogP contribution in [0.15, 0.2) is 36.4 Å². The van der Waals surface area contributed by atoms with Gasteiger partial charge in [0.2, 0.25) is 0 Å². The van der Waals surface area contributed by atoms with Crippen molar-refractivity contribution in [1.82, 2.24) is 0 Å². The third-order valence-electron chi connectivity index (χ3n) is 4.29. The van der Waals surface area contributed by atoms with Crippen molar-refractivity contribution in [1.29, 1.82) is 0 Å². The van der Waals surface area contributed by atoms with Crippen LogP contribution < -0.4 is 9.64 Å². The molecule has 0 spiro atoms. The van der Waals surface area contributed by atoms with Crippen molar-refractivity contribution < 1.29 is 22.7 Å². The minimum atomic E-state index is -4.54. The Bertz CT molecular complexity index is 821. The Balaban J connectivity index is 2.42. The predicted molar refractivity (Wildman–Crippen MR) is 104 cm³/mol. The lowest BCUT2D eigenvalue weighted by atomic mass is 10.0. The molecule has 0 bridgehead atoms. The van der Waals surface area contributed by atoms with E-state index in [9.17, 15) is 18.0 Å². The number of aryl methyl sites for hydroxylation is 2. The van der Waals surface area contributed by atoms with Crippen molar-refractivity contribution in [2.75, 3.05) is 18.2 Å². The molecule has 0 unspecified atom stereocenters. The van der Waals surface area contributed by atoms with E-state index in [0.717, 1.165) is 35.4 Å². The highest BCUT2D eigenvalue weighted by molar-refractivity contribution is 8.13. The maximum Gasteiger partial charge on any atom is 0.416 e. The van der Waals surface area contributed by atoms with Gasteiger partial charge in [-0.2, -0.15) is 13.2 Å². The Morgan fingerprint density at radius 2 is 1.93 bits per heavy atom. The Morgan fingerprint density at radius 1 is 1.22 bits per heavy atom. The van der Waals surface area contributed by atoms with Gasteiger partial charge in [-0.15, -0.1) is 0 Å². The summed E-state index contributed by atoms with van der Waals surface area (Å²) < 4.78 is 46.3. The number of ether oxygens (including phenoxy) is 1. The van der Waals surface area contributed by atoms with Crippen molar-refractivity contribution in [2.24, 2.45) is 0 Å². The van der Waals surface area contributed by atoms with Crippen molar-refractivity contribution >= 4 is 22.7 Å². The lowest BCUT2D eigenvalue weighted by Gasteiger charge is -2.23. The van der Waals surface area contributed by atoms with Gasteiger partial charge in [-0.25, -0.2) is 0 Å². The molecule has 0 aliphatic rings. The van der Waals surface area contributed by atoms with Gasteiger partial charge in [0.05, 0.1) is 11.3 Å². The standard InChI is InChI=1S/C20H22F3NO2S/c1-5-14-9-10-18(13(2)11-14)26-12-15-16(20(21,22)23)7-6-8-17(15)24(3)19(25)27-4/h6-11H,5,12H2,1-4H3. The van der Waals surface area contributed by atoms with E-state index in [4.69, 9.17) is 4.74 Å². The highest BCUT2D eigenvalue weighted by atomic mass is 32.2. The van der Waals surface area contributed by atoms with Gasteiger partial charge >= 0.3 is 6.18 Å². The zero-order chi connectivity index (χ0) is 20.2. The highest BCUT2D eigenvalue weighted by Crippen LogP contribution is 2.37. The molecule has 0 saturated carbocycles. The zero-order valence-electron chi connectivity index (χ0n) is 15.7. The largest absolute Gasteiger partial charge is 0.489 e. The fourth-order valence-electron chi connectivity index (χ4n) is 2.78. The Labute approximate surface area is 161 Å². The van der Waals surface area contributed by atoms with Gasteiger partial charge < -0.3 is 9.64 Å². The third kappa shape index (κ3) is 4.97. The van der Waals surface area contributed by atoms with E-state index in [0.29, 0.717) is 5.75 Å². The maximum atomic E-state index is 13.5. The molecule has 0 heterocycles. The number of carbonyl (C=O) groups excluding carboxylic acids is 1. The monoisotopic (exact) mass is 397 g/mol. The molecule has 1 amide bonds. The summed E-state index contributed by atoms with van der Waals surface area (Å²) in [4.78, 5) is 13.2. The summed E-state index contributed by atoms with van der Waals surface area (Å²) in [6.45, 7) is 3.59. The van der Waals surface area contributed by atoms with Crippen LogP contribution in [0.4, 0.5) is 23.7 Å². The summed E-state index contributed by atoms with van der Waals surface area (Å²) in [5.74, 6) is 0.522. The number of nitrogens with zero attached hydrogens (tertiary/aromatic N) is 1.